The summed E-state index contributed by atoms with van der Waals surface area (Å²) in [5.41, 5.74) is 5.36. The molecule has 0 aliphatic carbocycles. The fourth-order valence-electron chi connectivity index (χ4n) is 5.77. The van der Waals surface area contributed by atoms with Gasteiger partial charge >= 0.3 is 13.8 Å². The molecule has 0 aromatic carbocycles. The maximum Gasteiger partial charge on any atom is 0.472 e. The van der Waals surface area contributed by atoms with Crippen LogP contribution < -0.4 is 5.73 Å². The zero-order chi connectivity index (χ0) is 42.3. The fraction of sp³-hybridized carbons (Fsp3) is 0.653. The third-order valence-corrected chi connectivity index (χ3v) is 9.99. The summed E-state index contributed by atoms with van der Waals surface area (Å²) in [6.07, 6.45) is 60.3. The van der Waals surface area contributed by atoms with Crippen LogP contribution in [0.5, 0.6) is 0 Å². The lowest BCUT2D eigenvalue weighted by Gasteiger charge is -2.20. The molecule has 0 aromatic heterocycles. The number of unbranched alkanes of at least 4 members (excludes halogenated alkanes) is 13. The van der Waals surface area contributed by atoms with Gasteiger partial charge in [-0.15, -0.1) is 0 Å². The first-order valence-corrected chi connectivity index (χ1v) is 24.2. The summed E-state index contributed by atoms with van der Waals surface area (Å²) in [5.74, 6) is -0.413. The molecule has 0 rings (SSSR count). The Morgan fingerprint density at radius 2 is 0.914 bits per heavy atom. The molecule has 0 spiro atoms. The van der Waals surface area contributed by atoms with Gasteiger partial charge in [0.2, 0.25) is 0 Å². The lowest BCUT2D eigenvalue weighted by molar-refractivity contribution is -0.154. The molecule has 58 heavy (non-hydrogen) atoms. The Labute approximate surface area is 355 Å². The number of nitrogens with two attached hydrogens (primary N) is 1. The normalized spacial score (nSPS) is 14.3. The van der Waals surface area contributed by atoms with E-state index in [0.717, 1.165) is 64.2 Å². The second kappa shape index (κ2) is 45.5. The van der Waals surface area contributed by atoms with Crippen molar-refractivity contribution in [1.82, 2.24) is 0 Å². The Bertz CT molecular complexity index is 1200. The first-order chi connectivity index (χ1) is 28.4. The molecule has 0 aromatic rings. The first-order valence-electron chi connectivity index (χ1n) is 22.7. The van der Waals surface area contributed by atoms with Crippen molar-refractivity contribution in [2.24, 2.45) is 5.73 Å². The van der Waals surface area contributed by atoms with Crippen molar-refractivity contribution >= 4 is 13.8 Å². The smallest absolute Gasteiger partial charge is 0.457 e. The van der Waals surface area contributed by atoms with Crippen molar-refractivity contribution in [2.45, 2.75) is 174 Å². The largest absolute Gasteiger partial charge is 0.472 e. The topological polar surface area (TPSA) is 117 Å². The van der Waals surface area contributed by atoms with Crippen molar-refractivity contribution in [2.75, 3.05) is 33.0 Å². The minimum atomic E-state index is -4.30. The summed E-state index contributed by atoms with van der Waals surface area (Å²) in [6, 6.07) is 0. The van der Waals surface area contributed by atoms with Crippen LogP contribution in [-0.2, 0) is 27.9 Å². The molecule has 2 unspecified atom stereocenters. The van der Waals surface area contributed by atoms with E-state index in [0.29, 0.717) is 13.0 Å². The monoisotopic (exact) mass is 830 g/mol. The predicted molar refractivity (Wildman–Crippen MR) is 247 cm³/mol. The van der Waals surface area contributed by atoms with Crippen molar-refractivity contribution in [3.8, 4) is 0 Å². The number of carbonyl (C=O) groups is 1. The van der Waals surface area contributed by atoms with Crippen LogP contribution in [-0.4, -0.2) is 49.9 Å². The molecular weight excluding hydrogens is 746 g/mol. The summed E-state index contributed by atoms with van der Waals surface area (Å²) < 4.78 is 33.3. The SMILES string of the molecule is CC/C=C\C/C=C\C/C=C\C/C=C\CCCCCCCCCCCCCCCOCC(COP(=O)(O)OCCN)OC(=O)CC/C=C\C/C=C\C/C=C\C/C=C\CC. The van der Waals surface area contributed by atoms with Crippen LogP contribution in [0.2, 0.25) is 0 Å². The Balaban J connectivity index is 3.99. The quantitative estimate of drug-likeness (QED) is 0.0270. The van der Waals surface area contributed by atoms with Gasteiger partial charge < -0.3 is 20.1 Å². The predicted octanol–water partition coefficient (Wildman–Crippen LogP) is 13.9. The zero-order valence-electron chi connectivity index (χ0n) is 36.7. The molecule has 0 heterocycles. The van der Waals surface area contributed by atoms with Gasteiger partial charge in [0.1, 0.15) is 6.10 Å². The van der Waals surface area contributed by atoms with Crippen molar-refractivity contribution in [3.05, 3.63) is 97.2 Å². The molecule has 0 saturated carbocycles. The Morgan fingerprint density at radius 1 is 0.517 bits per heavy atom. The van der Waals surface area contributed by atoms with E-state index in [4.69, 9.17) is 24.3 Å². The Kier molecular flexibility index (Phi) is 43.5. The fourth-order valence-corrected chi connectivity index (χ4v) is 6.53. The van der Waals surface area contributed by atoms with Crippen LogP contribution in [0.3, 0.4) is 0 Å². The van der Waals surface area contributed by atoms with Gasteiger partial charge in [0.25, 0.3) is 0 Å². The molecule has 332 valence electrons. The average Bonchev–Trinajstić information content (AvgIpc) is 3.21. The third kappa shape index (κ3) is 44.5. The number of phosphoric acid groups is 1. The molecule has 8 nitrogen and oxygen atoms in total. The lowest BCUT2D eigenvalue weighted by Crippen LogP contribution is -2.28. The molecule has 0 fully saturated rings. The molecule has 0 aliphatic rings. The minimum Gasteiger partial charge on any atom is -0.457 e. The van der Waals surface area contributed by atoms with Crippen LogP contribution in [0.25, 0.3) is 0 Å². The van der Waals surface area contributed by atoms with Crippen LogP contribution in [0.4, 0.5) is 0 Å². The second-order valence-corrected chi connectivity index (χ2v) is 16.0. The van der Waals surface area contributed by atoms with Gasteiger partial charge in [0.15, 0.2) is 0 Å². The van der Waals surface area contributed by atoms with E-state index in [1.807, 2.05) is 12.2 Å². The van der Waals surface area contributed by atoms with E-state index < -0.39 is 19.9 Å². The highest BCUT2D eigenvalue weighted by atomic mass is 31.2. The van der Waals surface area contributed by atoms with Gasteiger partial charge in [-0.3, -0.25) is 13.8 Å². The summed E-state index contributed by atoms with van der Waals surface area (Å²) in [7, 11) is -4.30. The summed E-state index contributed by atoms with van der Waals surface area (Å²) in [6.45, 7) is 4.57. The van der Waals surface area contributed by atoms with Gasteiger partial charge in [-0.05, 0) is 77.0 Å². The maximum atomic E-state index is 12.5. The van der Waals surface area contributed by atoms with E-state index >= 15 is 0 Å². The number of carbonyl (C=O) groups excluding carboxylic acids is 1. The van der Waals surface area contributed by atoms with Gasteiger partial charge in [0.05, 0.1) is 19.8 Å². The first kappa shape index (κ1) is 55.4. The number of esters is 1. The maximum absolute atomic E-state index is 12.5. The van der Waals surface area contributed by atoms with Crippen LogP contribution in [0.1, 0.15) is 168 Å². The van der Waals surface area contributed by atoms with Gasteiger partial charge in [-0.1, -0.05) is 182 Å². The summed E-state index contributed by atoms with van der Waals surface area (Å²) >= 11 is 0. The number of rotatable bonds is 42. The second-order valence-electron chi connectivity index (χ2n) is 14.5. The van der Waals surface area contributed by atoms with E-state index in [9.17, 15) is 14.3 Å². The minimum absolute atomic E-state index is 0.0812. The van der Waals surface area contributed by atoms with Crippen LogP contribution in [0, 0.1) is 0 Å². The standard InChI is InChI=1S/C49H84NO7P/c1-3-5-7-9-11-13-15-17-18-19-20-21-22-23-24-25-26-27-28-29-31-33-35-37-39-41-44-54-46-48(47-56-58(52,53)55-45-43-50)57-49(51)42-40-38-36-34-32-30-16-14-12-10-8-6-4-2/h5-8,11-14,17-18,20-21,30,32,36,38,48H,3-4,9-10,15-16,19,22-29,31,33-35,37,39-47,50H2,1-2H3,(H,52,53)/b7-5-,8-6-,13-11-,14-12-,18-17-,21-20-,32-30-,38-36-. The van der Waals surface area contributed by atoms with E-state index in [1.165, 1.54) is 77.0 Å². The molecule has 0 amide bonds. The Hall–Kier alpha value is -2.58. The van der Waals surface area contributed by atoms with E-state index in [2.05, 4.69) is 98.9 Å². The van der Waals surface area contributed by atoms with Crippen molar-refractivity contribution in [3.63, 3.8) is 0 Å². The number of ether oxygens (including phenoxy) is 2. The van der Waals surface area contributed by atoms with Crippen molar-refractivity contribution < 1.29 is 32.8 Å². The van der Waals surface area contributed by atoms with Crippen molar-refractivity contribution in [1.29, 1.82) is 0 Å². The van der Waals surface area contributed by atoms with Crippen LogP contribution in [0.15, 0.2) is 97.2 Å². The number of hydrogen-bond acceptors (Lipinski definition) is 7. The molecule has 9 heteroatoms. The number of allylic oxidation sites excluding steroid dienone is 16. The zero-order valence-corrected chi connectivity index (χ0v) is 37.6. The van der Waals surface area contributed by atoms with E-state index in [-0.39, 0.29) is 32.8 Å². The summed E-state index contributed by atoms with van der Waals surface area (Å²) in [4.78, 5) is 22.4. The molecule has 0 bridgehead atoms. The summed E-state index contributed by atoms with van der Waals surface area (Å²) in [5, 5.41) is 0. The van der Waals surface area contributed by atoms with Gasteiger partial charge in [-0.25, -0.2) is 4.57 Å². The van der Waals surface area contributed by atoms with Gasteiger partial charge in [-0.2, -0.15) is 0 Å². The molecule has 3 N–H and O–H groups in total. The highest BCUT2D eigenvalue weighted by Gasteiger charge is 2.25. The highest BCUT2D eigenvalue weighted by molar-refractivity contribution is 7.47. The molecule has 2 atom stereocenters. The Morgan fingerprint density at radius 3 is 1.36 bits per heavy atom. The number of phosphoric ester groups is 1. The lowest BCUT2D eigenvalue weighted by atomic mass is 10.0. The van der Waals surface area contributed by atoms with E-state index in [1.54, 1.807) is 0 Å². The third-order valence-electron chi connectivity index (χ3n) is 9.01. The molecule has 0 saturated heterocycles. The van der Waals surface area contributed by atoms with Gasteiger partial charge in [0, 0.05) is 19.6 Å². The average molecular weight is 830 g/mol. The molecule has 0 radical (unpaired) electrons. The number of hydrogen-bond donors (Lipinski definition) is 2. The molecule has 0 aliphatic heterocycles. The molecular formula is C49H84NO7P. The van der Waals surface area contributed by atoms with Crippen LogP contribution >= 0.6 is 7.82 Å². The highest BCUT2D eigenvalue weighted by Crippen LogP contribution is 2.43.